The van der Waals surface area contributed by atoms with E-state index < -0.39 is 10.0 Å². The van der Waals surface area contributed by atoms with Crippen LogP contribution in [0.3, 0.4) is 0 Å². The van der Waals surface area contributed by atoms with Crippen LogP contribution in [0.15, 0.2) is 102 Å². The molecule has 0 bridgehead atoms. The molecule has 3 N–H and O–H groups in total. The van der Waals surface area contributed by atoms with Gasteiger partial charge in [0.1, 0.15) is 5.82 Å². The van der Waals surface area contributed by atoms with Gasteiger partial charge < -0.3 is 15.5 Å². The lowest BCUT2D eigenvalue weighted by molar-refractivity contribution is 0.342. The van der Waals surface area contributed by atoms with Crippen molar-refractivity contribution >= 4 is 43.5 Å². The van der Waals surface area contributed by atoms with Crippen LogP contribution in [0, 0.1) is 0 Å². The molecule has 9 heteroatoms. The molecular formula is C35H40N6O2S. The lowest BCUT2D eigenvalue weighted by Gasteiger charge is -2.31. The quantitative estimate of drug-likeness (QED) is 0.176. The number of nitrogens with zero attached hydrogens (tertiary/aromatic N) is 3. The van der Waals surface area contributed by atoms with Crippen molar-refractivity contribution in [3.8, 4) is 0 Å². The van der Waals surface area contributed by atoms with Gasteiger partial charge in [0.05, 0.1) is 10.4 Å². The van der Waals surface area contributed by atoms with Crippen molar-refractivity contribution in [1.82, 2.24) is 20.0 Å². The maximum atomic E-state index is 13.7. The molecule has 1 aliphatic rings. The molecule has 6 rings (SSSR count). The molecule has 0 radical (unpaired) electrons. The predicted octanol–water partition coefficient (Wildman–Crippen LogP) is 5.75. The summed E-state index contributed by atoms with van der Waals surface area (Å²) in [6.07, 6.45) is 4.54. The Morgan fingerprint density at radius 1 is 0.773 bits per heavy atom. The molecule has 8 nitrogen and oxygen atoms in total. The zero-order valence-electron chi connectivity index (χ0n) is 25.3. The first-order valence-electron chi connectivity index (χ1n) is 15.3. The van der Waals surface area contributed by atoms with Crippen molar-refractivity contribution in [2.45, 2.75) is 55.1 Å². The molecule has 228 valence electrons. The van der Waals surface area contributed by atoms with E-state index in [4.69, 9.17) is 9.97 Å². The van der Waals surface area contributed by atoms with Crippen LogP contribution in [0.2, 0.25) is 0 Å². The van der Waals surface area contributed by atoms with Crippen molar-refractivity contribution < 1.29 is 8.42 Å². The third kappa shape index (κ3) is 7.01. The van der Waals surface area contributed by atoms with Gasteiger partial charge in [-0.3, -0.25) is 0 Å². The minimum Gasteiger partial charge on any atom is -0.362 e. The summed E-state index contributed by atoms with van der Waals surface area (Å²) in [6, 6.07) is 31.5. The summed E-state index contributed by atoms with van der Waals surface area (Å²) in [5.74, 6) is 1.57. The molecule has 44 heavy (non-hydrogen) atoms. The van der Waals surface area contributed by atoms with Crippen LogP contribution in [0.1, 0.15) is 31.2 Å². The minimum atomic E-state index is -3.75. The van der Waals surface area contributed by atoms with Crippen LogP contribution in [-0.2, 0) is 16.4 Å². The zero-order chi connectivity index (χ0) is 30.5. The molecule has 4 aromatic carbocycles. The maximum Gasteiger partial charge on any atom is 0.241 e. The number of fused-ring (bicyclic) bond motifs is 2. The van der Waals surface area contributed by atoms with Crippen LogP contribution in [-0.4, -0.2) is 57.2 Å². The van der Waals surface area contributed by atoms with Gasteiger partial charge in [0, 0.05) is 49.5 Å². The Morgan fingerprint density at radius 3 is 2.20 bits per heavy atom. The number of para-hydroxylation sites is 1. The van der Waals surface area contributed by atoms with E-state index in [0.717, 1.165) is 58.7 Å². The largest absolute Gasteiger partial charge is 0.362 e. The minimum absolute atomic E-state index is 0.286. The molecule has 1 saturated carbocycles. The summed E-state index contributed by atoms with van der Waals surface area (Å²) in [5, 5.41) is 9.95. The van der Waals surface area contributed by atoms with Gasteiger partial charge >= 0.3 is 0 Å². The molecule has 0 amide bonds. The van der Waals surface area contributed by atoms with Crippen LogP contribution < -0.4 is 20.3 Å². The Bertz CT molecular complexity index is 1820. The van der Waals surface area contributed by atoms with Crippen LogP contribution in [0.4, 0.5) is 11.8 Å². The van der Waals surface area contributed by atoms with E-state index in [9.17, 15) is 8.42 Å². The predicted molar refractivity (Wildman–Crippen MR) is 180 cm³/mol. The van der Waals surface area contributed by atoms with E-state index in [-0.39, 0.29) is 12.1 Å². The van der Waals surface area contributed by atoms with E-state index in [2.05, 4.69) is 21.4 Å². The van der Waals surface area contributed by atoms with Crippen molar-refractivity contribution in [2.24, 2.45) is 0 Å². The molecule has 1 aromatic heterocycles. The zero-order valence-corrected chi connectivity index (χ0v) is 26.1. The molecule has 5 aromatic rings. The Hall–Kier alpha value is -4.05. The van der Waals surface area contributed by atoms with E-state index in [1.807, 2.05) is 97.9 Å². The maximum absolute atomic E-state index is 13.7. The molecule has 0 saturated heterocycles. The van der Waals surface area contributed by atoms with Gasteiger partial charge in [-0.05, 0) is 61.3 Å². The summed E-state index contributed by atoms with van der Waals surface area (Å²) in [6.45, 7) is 0.543. The Labute approximate surface area is 260 Å². The number of sulfonamides is 1. The topological polar surface area (TPSA) is 99.3 Å². The van der Waals surface area contributed by atoms with Gasteiger partial charge in [-0.25, -0.2) is 18.1 Å². The second kappa shape index (κ2) is 13.3. The van der Waals surface area contributed by atoms with E-state index >= 15 is 0 Å². The summed E-state index contributed by atoms with van der Waals surface area (Å²) < 4.78 is 30.4. The molecule has 0 aliphatic heterocycles. The Morgan fingerprint density at radius 2 is 1.43 bits per heavy atom. The van der Waals surface area contributed by atoms with Crippen molar-refractivity contribution in [3.63, 3.8) is 0 Å². The van der Waals surface area contributed by atoms with E-state index in [1.165, 1.54) is 0 Å². The number of nitrogens with one attached hydrogen (secondary N) is 3. The van der Waals surface area contributed by atoms with Crippen molar-refractivity contribution in [3.05, 3.63) is 103 Å². The monoisotopic (exact) mass is 608 g/mol. The average Bonchev–Trinajstić information content (AvgIpc) is 3.04. The third-order valence-electron chi connectivity index (χ3n) is 8.41. The second-order valence-electron chi connectivity index (χ2n) is 11.9. The van der Waals surface area contributed by atoms with E-state index in [1.54, 1.807) is 12.1 Å². The van der Waals surface area contributed by atoms with Crippen molar-refractivity contribution in [1.29, 1.82) is 0 Å². The fraction of sp³-hybridized carbons (Fsp3) is 0.314. The van der Waals surface area contributed by atoms with Gasteiger partial charge in [-0.15, -0.1) is 0 Å². The lowest BCUT2D eigenvalue weighted by Crippen LogP contribution is -2.47. The van der Waals surface area contributed by atoms with Gasteiger partial charge in [0.15, 0.2) is 0 Å². The highest BCUT2D eigenvalue weighted by molar-refractivity contribution is 7.89. The molecule has 0 spiro atoms. The van der Waals surface area contributed by atoms with Gasteiger partial charge in [0.2, 0.25) is 16.0 Å². The molecular weight excluding hydrogens is 568 g/mol. The molecule has 1 atom stereocenters. The highest BCUT2D eigenvalue weighted by Gasteiger charge is 2.26. The van der Waals surface area contributed by atoms with Crippen molar-refractivity contribution in [2.75, 3.05) is 30.9 Å². The summed E-state index contributed by atoms with van der Waals surface area (Å²) in [4.78, 5) is 11.9. The summed E-state index contributed by atoms with van der Waals surface area (Å²) in [7, 11) is 0.260. The fourth-order valence-electron chi connectivity index (χ4n) is 6.17. The number of rotatable bonds is 11. The Kier molecular flexibility index (Phi) is 9.07. The first-order chi connectivity index (χ1) is 21.4. The highest BCUT2D eigenvalue weighted by Crippen LogP contribution is 2.27. The average molecular weight is 609 g/mol. The first kappa shape index (κ1) is 30.0. The SMILES string of the molecule is CN(C)c1nc(N[C@H]2CC[C@@H](NC[C@H](Cc3ccccc3)NS(=O)(=O)c3cccc4ccccc34)CC2)nc2ccccc12. The number of hydrogen-bond donors (Lipinski definition) is 3. The molecule has 0 unspecified atom stereocenters. The van der Waals surface area contributed by atoms with Crippen LogP contribution in [0.25, 0.3) is 21.7 Å². The summed E-state index contributed by atoms with van der Waals surface area (Å²) >= 11 is 0. The molecule has 1 heterocycles. The van der Waals surface area contributed by atoms with Crippen LogP contribution >= 0.6 is 0 Å². The first-order valence-corrected chi connectivity index (χ1v) is 16.8. The fourth-order valence-corrected chi connectivity index (χ4v) is 7.63. The normalized spacial score (nSPS) is 17.9. The van der Waals surface area contributed by atoms with E-state index in [0.29, 0.717) is 29.9 Å². The molecule has 1 fully saturated rings. The Balaban J connectivity index is 1.10. The number of aromatic nitrogens is 2. The third-order valence-corrected chi connectivity index (χ3v) is 9.98. The summed E-state index contributed by atoms with van der Waals surface area (Å²) in [5.41, 5.74) is 2.03. The van der Waals surface area contributed by atoms with Gasteiger partial charge in [-0.1, -0.05) is 78.9 Å². The lowest BCUT2D eigenvalue weighted by atomic mass is 9.91. The standard InChI is InChI=1S/C35H40N6O2S/c1-41(2)34-31-16-8-9-17-32(31)38-35(39-34)37-28-21-19-27(20-22-28)36-24-29(23-25-11-4-3-5-12-25)40-44(42,43)33-18-10-14-26-13-6-7-15-30(26)33/h3-18,27-29,36,40H,19-24H2,1-2H3,(H,37,38,39)/t27-,28+,29-/m0/s1. The number of benzene rings is 4. The van der Waals surface area contributed by atoms with Gasteiger partial charge in [0.25, 0.3) is 0 Å². The number of hydrogen-bond acceptors (Lipinski definition) is 7. The van der Waals surface area contributed by atoms with Gasteiger partial charge in [-0.2, -0.15) is 4.98 Å². The van der Waals surface area contributed by atoms with Crippen LogP contribution in [0.5, 0.6) is 0 Å². The second-order valence-corrected chi connectivity index (χ2v) is 13.6. The number of anilines is 2. The molecule has 1 aliphatic carbocycles. The smallest absolute Gasteiger partial charge is 0.241 e. The highest BCUT2D eigenvalue weighted by atomic mass is 32.2.